The minimum absolute atomic E-state index is 0.113. The van der Waals surface area contributed by atoms with Gasteiger partial charge in [-0.2, -0.15) is 0 Å². The van der Waals surface area contributed by atoms with Gasteiger partial charge in [0.2, 0.25) is 0 Å². The molecule has 280 valence electrons. The molecule has 1 atom stereocenters. The molecule has 0 bridgehead atoms. The number of hydrogen-bond donors (Lipinski definition) is 1. The van der Waals surface area contributed by atoms with Crippen molar-refractivity contribution in [3.63, 3.8) is 0 Å². The zero-order valence-corrected chi connectivity index (χ0v) is 31.6. The summed E-state index contributed by atoms with van der Waals surface area (Å²) < 4.78 is 10.5. The SMILES string of the molecule is CCC=CCC=CCC=CCC=CCC=CCCCC(=O)OC(CO)COC(=O)CCCCCC=CCC=CCC=CCC=CCCCCC. The Kier molecular flexibility index (Phi) is 37.2. The second-order valence-electron chi connectivity index (χ2n) is 12.3. The van der Waals surface area contributed by atoms with Crippen molar-refractivity contribution in [3.05, 3.63) is 109 Å². The van der Waals surface area contributed by atoms with E-state index in [1.54, 1.807) is 0 Å². The van der Waals surface area contributed by atoms with Gasteiger partial charge in [0.25, 0.3) is 0 Å². The van der Waals surface area contributed by atoms with Crippen molar-refractivity contribution in [1.29, 1.82) is 0 Å². The summed E-state index contributed by atoms with van der Waals surface area (Å²) in [4.78, 5) is 24.2. The van der Waals surface area contributed by atoms with E-state index in [0.29, 0.717) is 12.8 Å². The van der Waals surface area contributed by atoms with Crippen LogP contribution in [-0.2, 0) is 19.1 Å². The predicted molar refractivity (Wildman–Crippen MR) is 214 cm³/mol. The molecular formula is C45H70O5. The van der Waals surface area contributed by atoms with Crippen LogP contribution in [0.3, 0.4) is 0 Å². The molecule has 0 saturated carbocycles. The molecule has 5 nitrogen and oxygen atoms in total. The van der Waals surface area contributed by atoms with Gasteiger partial charge >= 0.3 is 11.9 Å². The molecule has 0 aromatic heterocycles. The van der Waals surface area contributed by atoms with Crippen molar-refractivity contribution in [2.45, 2.75) is 148 Å². The first kappa shape index (κ1) is 46.6. The van der Waals surface area contributed by atoms with E-state index in [1.165, 1.54) is 25.7 Å². The summed E-state index contributed by atoms with van der Waals surface area (Å²) in [5.41, 5.74) is 0. The Morgan fingerprint density at radius 1 is 0.480 bits per heavy atom. The van der Waals surface area contributed by atoms with Gasteiger partial charge in [0, 0.05) is 12.8 Å². The molecule has 0 rings (SSSR count). The Bertz CT molecular complexity index is 1050. The third-order valence-corrected chi connectivity index (χ3v) is 7.55. The number of allylic oxidation sites excluding steroid dienone is 18. The van der Waals surface area contributed by atoms with Gasteiger partial charge in [-0.05, 0) is 96.3 Å². The van der Waals surface area contributed by atoms with Gasteiger partial charge in [0.05, 0.1) is 6.61 Å². The lowest BCUT2D eigenvalue weighted by molar-refractivity contribution is -0.161. The highest BCUT2D eigenvalue weighted by Gasteiger charge is 2.15. The fourth-order valence-electron chi connectivity index (χ4n) is 4.63. The third kappa shape index (κ3) is 37.4. The fourth-order valence-corrected chi connectivity index (χ4v) is 4.63. The van der Waals surface area contributed by atoms with Crippen LogP contribution in [0.15, 0.2) is 109 Å². The van der Waals surface area contributed by atoms with Crippen molar-refractivity contribution in [2.75, 3.05) is 13.2 Å². The van der Waals surface area contributed by atoms with Gasteiger partial charge < -0.3 is 14.6 Å². The Morgan fingerprint density at radius 3 is 1.32 bits per heavy atom. The molecule has 0 aliphatic heterocycles. The van der Waals surface area contributed by atoms with Crippen LogP contribution >= 0.6 is 0 Å². The third-order valence-electron chi connectivity index (χ3n) is 7.55. The highest BCUT2D eigenvalue weighted by molar-refractivity contribution is 5.70. The first-order valence-corrected chi connectivity index (χ1v) is 19.4. The summed E-state index contributed by atoms with van der Waals surface area (Å²) in [6.45, 7) is 3.89. The summed E-state index contributed by atoms with van der Waals surface area (Å²) in [5, 5.41) is 9.54. The zero-order chi connectivity index (χ0) is 36.4. The van der Waals surface area contributed by atoms with Gasteiger partial charge in [-0.25, -0.2) is 0 Å². The van der Waals surface area contributed by atoms with Crippen LogP contribution < -0.4 is 0 Å². The molecule has 1 unspecified atom stereocenters. The second kappa shape index (κ2) is 40.0. The van der Waals surface area contributed by atoms with Crippen LogP contribution in [0.25, 0.3) is 0 Å². The molecule has 50 heavy (non-hydrogen) atoms. The van der Waals surface area contributed by atoms with Gasteiger partial charge in [0.1, 0.15) is 6.61 Å². The van der Waals surface area contributed by atoms with E-state index in [1.807, 2.05) is 0 Å². The van der Waals surface area contributed by atoms with E-state index in [0.717, 1.165) is 83.5 Å². The Labute approximate surface area is 306 Å². The van der Waals surface area contributed by atoms with Crippen LogP contribution in [0.4, 0.5) is 0 Å². The van der Waals surface area contributed by atoms with Gasteiger partial charge in [-0.15, -0.1) is 0 Å². The number of esters is 2. The van der Waals surface area contributed by atoms with Crippen molar-refractivity contribution >= 4 is 11.9 Å². The van der Waals surface area contributed by atoms with Crippen LogP contribution in [-0.4, -0.2) is 36.4 Å². The molecule has 0 aliphatic rings. The highest BCUT2D eigenvalue weighted by atomic mass is 16.6. The molecule has 0 spiro atoms. The average Bonchev–Trinajstić information content (AvgIpc) is 3.12. The maximum atomic E-state index is 12.1. The fraction of sp³-hybridized carbons (Fsp3) is 0.556. The molecule has 0 saturated heterocycles. The van der Waals surface area contributed by atoms with Crippen LogP contribution in [0.5, 0.6) is 0 Å². The summed E-state index contributed by atoms with van der Waals surface area (Å²) in [7, 11) is 0. The minimum Gasteiger partial charge on any atom is -0.462 e. The van der Waals surface area contributed by atoms with Crippen molar-refractivity contribution in [2.24, 2.45) is 0 Å². The summed E-state index contributed by atoms with van der Waals surface area (Å²) in [6, 6.07) is 0. The number of aliphatic hydroxyl groups excluding tert-OH is 1. The number of carbonyl (C=O) groups is 2. The molecule has 0 amide bonds. The highest BCUT2D eigenvalue weighted by Crippen LogP contribution is 2.08. The zero-order valence-electron chi connectivity index (χ0n) is 31.6. The van der Waals surface area contributed by atoms with E-state index in [2.05, 4.69) is 123 Å². The summed E-state index contributed by atoms with van der Waals surface area (Å²) in [5.74, 6) is -0.708. The largest absolute Gasteiger partial charge is 0.462 e. The monoisotopic (exact) mass is 691 g/mol. The predicted octanol–water partition coefficient (Wildman–Crippen LogP) is 12.3. The van der Waals surface area contributed by atoms with Crippen LogP contribution in [0, 0.1) is 0 Å². The van der Waals surface area contributed by atoms with E-state index in [4.69, 9.17) is 9.47 Å². The van der Waals surface area contributed by atoms with E-state index in [-0.39, 0.29) is 31.6 Å². The Balaban J connectivity index is 3.77. The van der Waals surface area contributed by atoms with Crippen LogP contribution in [0.2, 0.25) is 0 Å². The maximum Gasteiger partial charge on any atom is 0.306 e. The molecule has 1 N–H and O–H groups in total. The standard InChI is InChI=1S/C45H70O5/c1-3-5-7-9-11-13-15-17-19-21-22-24-25-27-29-31-33-35-37-39-44(47)49-42-43(41-46)50-45(48)40-38-36-34-32-30-28-26-23-20-18-16-14-12-10-8-6-4-2/h6,8,11-14,17-20,22,24,26-29,32,34,43,46H,3-5,7,9-10,15-16,21,23,25,30-31,33,35-42H2,1-2H3. The quantitative estimate of drug-likeness (QED) is 0.0421. The van der Waals surface area contributed by atoms with Crippen molar-refractivity contribution < 1.29 is 24.2 Å². The Morgan fingerprint density at radius 2 is 0.880 bits per heavy atom. The molecule has 0 aliphatic carbocycles. The molecule has 0 radical (unpaired) electrons. The average molecular weight is 691 g/mol. The normalized spacial score (nSPS) is 13.4. The molecule has 0 aromatic rings. The first-order valence-electron chi connectivity index (χ1n) is 19.4. The molecule has 0 fully saturated rings. The number of carbonyl (C=O) groups excluding carboxylic acids is 2. The summed E-state index contributed by atoms with van der Waals surface area (Å²) >= 11 is 0. The number of hydrogen-bond acceptors (Lipinski definition) is 5. The smallest absolute Gasteiger partial charge is 0.306 e. The number of aliphatic hydroxyl groups is 1. The number of ether oxygens (including phenoxy) is 2. The first-order chi connectivity index (χ1) is 24.6. The minimum atomic E-state index is -0.822. The van der Waals surface area contributed by atoms with Gasteiger partial charge in [-0.3, -0.25) is 9.59 Å². The molecule has 0 heterocycles. The van der Waals surface area contributed by atoms with Crippen molar-refractivity contribution in [3.8, 4) is 0 Å². The number of unbranched alkanes of at least 4 members (excludes halogenated alkanes) is 7. The van der Waals surface area contributed by atoms with Crippen molar-refractivity contribution in [1.82, 2.24) is 0 Å². The Hall–Kier alpha value is -3.44. The molecular weight excluding hydrogens is 620 g/mol. The lowest BCUT2D eigenvalue weighted by atomic mass is 10.1. The van der Waals surface area contributed by atoms with E-state index < -0.39 is 6.10 Å². The maximum absolute atomic E-state index is 12.1. The summed E-state index contributed by atoms with van der Waals surface area (Å²) in [6.07, 6.45) is 57.2. The van der Waals surface area contributed by atoms with E-state index >= 15 is 0 Å². The van der Waals surface area contributed by atoms with Crippen LogP contribution in [0.1, 0.15) is 142 Å². The van der Waals surface area contributed by atoms with Gasteiger partial charge in [0.15, 0.2) is 6.10 Å². The molecule has 0 aromatic carbocycles. The number of rotatable bonds is 33. The molecule has 5 heteroatoms. The van der Waals surface area contributed by atoms with E-state index in [9.17, 15) is 14.7 Å². The second-order valence-corrected chi connectivity index (χ2v) is 12.3. The van der Waals surface area contributed by atoms with Gasteiger partial charge in [-0.1, -0.05) is 142 Å². The lowest BCUT2D eigenvalue weighted by Crippen LogP contribution is -2.28. The topological polar surface area (TPSA) is 72.8 Å². The lowest BCUT2D eigenvalue weighted by Gasteiger charge is -2.15.